The molecule has 0 bridgehead atoms. The zero-order chi connectivity index (χ0) is 12.0. The molecule has 0 saturated heterocycles. The lowest BCUT2D eigenvalue weighted by Crippen LogP contribution is -1.99. The Bertz CT molecular complexity index is 621. The number of hydrogen-bond acceptors (Lipinski definition) is 3. The number of carbonyl (C=O) groups is 1. The predicted octanol–water partition coefficient (Wildman–Crippen LogP) is 2.48. The number of hydrogen-bond donors (Lipinski definition) is 1. The second-order valence-electron chi connectivity index (χ2n) is 3.93. The average molecular weight is 249 g/mol. The third kappa shape index (κ3) is 1.72. The molecule has 1 aliphatic rings. The van der Waals surface area contributed by atoms with Crippen LogP contribution in [-0.2, 0) is 17.6 Å². The van der Waals surface area contributed by atoms with Gasteiger partial charge in [-0.25, -0.2) is 9.37 Å². The van der Waals surface area contributed by atoms with Crippen LogP contribution in [0.15, 0.2) is 18.2 Å². The molecule has 5 heteroatoms. The van der Waals surface area contributed by atoms with Gasteiger partial charge >= 0.3 is 5.97 Å². The molecule has 1 N–H and O–H groups in total. The molecule has 2 aromatic rings. The molecule has 17 heavy (non-hydrogen) atoms. The van der Waals surface area contributed by atoms with Crippen LogP contribution < -0.4 is 0 Å². The summed E-state index contributed by atoms with van der Waals surface area (Å²) < 4.78 is 13.0. The van der Waals surface area contributed by atoms with E-state index in [0.29, 0.717) is 11.4 Å². The second-order valence-corrected chi connectivity index (χ2v) is 5.10. The molecule has 1 aliphatic carbocycles. The molecule has 0 atom stereocenters. The van der Waals surface area contributed by atoms with Gasteiger partial charge in [0.1, 0.15) is 10.8 Å². The summed E-state index contributed by atoms with van der Waals surface area (Å²) in [6.07, 6.45) is 0.605. The molecule has 1 aromatic carbocycles. The van der Waals surface area contributed by atoms with Gasteiger partial charge in [0.15, 0.2) is 0 Å². The van der Waals surface area contributed by atoms with Gasteiger partial charge in [-0.05, 0) is 23.8 Å². The predicted molar refractivity (Wildman–Crippen MR) is 61.7 cm³/mol. The first-order valence-corrected chi connectivity index (χ1v) is 5.94. The maximum atomic E-state index is 13.0. The summed E-state index contributed by atoms with van der Waals surface area (Å²) in [7, 11) is 0. The van der Waals surface area contributed by atoms with Crippen molar-refractivity contribution in [2.75, 3.05) is 0 Å². The molecule has 3 nitrogen and oxygen atoms in total. The molecule has 86 valence electrons. The number of thiazole rings is 1. The Hall–Kier alpha value is -1.75. The highest BCUT2D eigenvalue weighted by Crippen LogP contribution is 2.39. The number of aromatic nitrogens is 1. The van der Waals surface area contributed by atoms with E-state index in [2.05, 4.69) is 4.98 Å². The van der Waals surface area contributed by atoms with E-state index in [9.17, 15) is 9.18 Å². The monoisotopic (exact) mass is 249 g/mol. The van der Waals surface area contributed by atoms with Gasteiger partial charge in [-0.3, -0.25) is 4.79 Å². The van der Waals surface area contributed by atoms with E-state index in [4.69, 9.17) is 5.11 Å². The van der Waals surface area contributed by atoms with E-state index >= 15 is 0 Å². The number of halogens is 1. The molecule has 0 amide bonds. The van der Waals surface area contributed by atoms with Crippen LogP contribution in [0.5, 0.6) is 0 Å². The van der Waals surface area contributed by atoms with Gasteiger partial charge in [-0.1, -0.05) is 0 Å². The number of fused-ring (bicyclic) bond motifs is 3. The summed E-state index contributed by atoms with van der Waals surface area (Å²) in [5.74, 6) is -1.12. The molecule has 0 fully saturated rings. The van der Waals surface area contributed by atoms with Crippen molar-refractivity contribution in [1.29, 1.82) is 0 Å². The van der Waals surface area contributed by atoms with Crippen LogP contribution in [0.1, 0.15) is 15.4 Å². The highest BCUT2D eigenvalue weighted by atomic mass is 32.1. The third-order valence-corrected chi connectivity index (χ3v) is 3.77. The van der Waals surface area contributed by atoms with E-state index in [-0.39, 0.29) is 12.2 Å². The van der Waals surface area contributed by atoms with E-state index < -0.39 is 5.97 Å². The lowest BCUT2D eigenvalue weighted by atomic mass is 10.1. The number of rotatable bonds is 2. The van der Waals surface area contributed by atoms with Gasteiger partial charge in [0, 0.05) is 16.9 Å². The molecule has 3 rings (SSSR count). The number of aliphatic carboxylic acids is 1. The third-order valence-electron chi connectivity index (χ3n) is 2.72. The Balaban J connectivity index is 2.03. The lowest BCUT2D eigenvalue weighted by molar-refractivity contribution is -0.136. The number of carboxylic acid groups (broad SMARTS) is 1. The van der Waals surface area contributed by atoms with E-state index in [1.54, 1.807) is 6.07 Å². The Morgan fingerprint density at radius 3 is 3.12 bits per heavy atom. The number of benzene rings is 1. The van der Waals surface area contributed by atoms with E-state index in [0.717, 1.165) is 21.7 Å². The van der Waals surface area contributed by atoms with Crippen LogP contribution >= 0.6 is 11.3 Å². The van der Waals surface area contributed by atoms with Crippen LogP contribution in [0.4, 0.5) is 4.39 Å². The topological polar surface area (TPSA) is 50.2 Å². The van der Waals surface area contributed by atoms with Crippen molar-refractivity contribution < 1.29 is 14.3 Å². The van der Waals surface area contributed by atoms with Gasteiger partial charge in [-0.15, -0.1) is 11.3 Å². The van der Waals surface area contributed by atoms with Crippen molar-refractivity contribution >= 4 is 17.3 Å². The van der Waals surface area contributed by atoms with Crippen LogP contribution in [0.2, 0.25) is 0 Å². The standard InChI is InChI=1S/C12H8FNO2S/c13-7-1-2-8-6(3-7)4-9-12(8)14-10(17-9)5-11(15)16/h1-3H,4-5H2,(H,15,16). The summed E-state index contributed by atoms with van der Waals surface area (Å²) >= 11 is 1.40. The first-order valence-electron chi connectivity index (χ1n) is 5.12. The number of carboxylic acids is 1. The van der Waals surface area contributed by atoms with Crippen LogP contribution in [0.25, 0.3) is 11.3 Å². The van der Waals surface area contributed by atoms with Crippen LogP contribution in [0, 0.1) is 5.82 Å². The zero-order valence-corrected chi connectivity index (χ0v) is 9.55. The van der Waals surface area contributed by atoms with Crippen molar-refractivity contribution in [3.63, 3.8) is 0 Å². The van der Waals surface area contributed by atoms with Gasteiger partial charge in [0.25, 0.3) is 0 Å². The van der Waals surface area contributed by atoms with E-state index in [1.807, 2.05) is 0 Å². The van der Waals surface area contributed by atoms with Crippen molar-refractivity contribution in [2.45, 2.75) is 12.8 Å². The molecule has 0 saturated carbocycles. The van der Waals surface area contributed by atoms with Gasteiger partial charge in [0.05, 0.1) is 12.1 Å². The summed E-state index contributed by atoms with van der Waals surface area (Å²) in [5.41, 5.74) is 2.68. The molecule has 0 radical (unpaired) electrons. The average Bonchev–Trinajstić information content (AvgIpc) is 2.72. The molecule has 1 heterocycles. The van der Waals surface area contributed by atoms with Crippen molar-refractivity contribution in [2.24, 2.45) is 0 Å². The first kappa shape index (κ1) is 10.4. The fourth-order valence-corrected chi connectivity index (χ4v) is 3.15. The SMILES string of the molecule is O=C(O)Cc1nc2c(s1)Cc1cc(F)ccc1-2. The van der Waals surface area contributed by atoms with Crippen LogP contribution in [0.3, 0.4) is 0 Å². The molecule has 1 aromatic heterocycles. The minimum absolute atomic E-state index is 0.0474. The van der Waals surface area contributed by atoms with Gasteiger partial charge < -0.3 is 5.11 Å². The summed E-state index contributed by atoms with van der Waals surface area (Å²) in [5, 5.41) is 9.32. The summed E-state index contributed by atoms with van der Waals surface area (Å²) in [6, 6.07) is 4.63. The minimum atomic E-state index is -0.878. The summed E-state index contributed by atoms with van der Waals surface area (Å²) in [6.45, 7) is 0. The van der Waals surface area contributed by atoms with Crippen molar-refractivity contribution in [1.82, 2.24) is 4.98 Å². The molecule has 0 unspecified atom stereocenters. The largest absolute Gasteiger partial charge is 0.481 e. The zero-order valence-electron chi connectivity index (χ0n) is 8.74. The second kappa shape index (κ2) is 3.63. The van der Waals surface area contributed by atoms with Gasteiger partial charge in [0.2, 0.25) is 0 Å². The highest BCUT2D eigenvalue weighted by Gasteiger charge is 2.24. The fourth-order valence-electron chi connectivity index (χ4n) is 2.05. The quantitative estimate of drug-likeness (QED) is 0.759. The number of nitrogens with zero attached hydrogens (tertiary/aromatic N) is 1. The smallest absolute Gasteiger partial charge is 0.310 e. The minimum Gasteiger partial charge on any atom is -0.481 e. The lowest BCUT2D eigenvalue weighted by Gasteiger charge is -1.98. The Kier molecular flexibility index (Phi) is 2.22. The molecule has 0 spiro atoms. The van der Waals surface area contributed by atoms with Crippen molar-refractivity contribution in [3.8, 4) is 11.3 Å². The Morgan fingerprint density at radius 2 is 2.35 bits per heavy atom. The first-order chi connectivity index (χ1) is 8.13. The molecule has 0 aliphatic heterocycles. The van der Waals surface area contributed by atoms with Crippen LogP contribution in [-0.4, -0.2) is 16.1 Å². The highest BCUT2D eigenvalue weighted by molar-refractivity contribution is 7.12. The molecular weight excluding hydrogens is 241 g/mol. The Labute approximate surface area is 101 Å². The van der Waals surface area contributed by atoms with E-state index in [1.165, 1.54) is 23.5 Å². The van der Waals surface area contributed by atoms with Crippen molar-refractivity contribution in [3.05, 3.63) is 39.5 Å². The maximum Gasteiger partial charge on any atom is 0.310 e. The van der Waals surface area contributed by atoms with Gasteiger partial charge in [-0.2, -0.15) is 0 Å². The Morgan fingerprint density at radius 1 is 1.53 bits per heavy atom. The fraction of sp³-hybridized carbons (Fsp3) is 0.167. The maximum absolute atomic E-state index is 13.0. The normalized spacial score (nSPS) is 12.3. The summed E-state index contributed by atoms with van der Waals surface area (Å²) in [4.78, 5) is 15.9. The molecular formula is C12H8FNO2S.